The molecule has 8 heteroatoms. The van der Waals surface area contributed by atoms with E-state index in [2.05, 4.69) is 10.6 Å². The summed E-state index contributed by atoms with van der Waals surface area (Å²) < 4.78 is 11.3. The Hall–Kier alpha value is -1.55. The number of aliphatic imine (C=N–C) groups is 1. The molecule has 1 amide bonds. The van der Waals surface area contributed by atoms with Gasteiger partial charge < -0.3 is 25.0 Å². The number of nitrogens with one attached hydrogen (secondary N) is 2. The number of halogens is 1. The summed E-state index contributed by atoms with van der Waals surface area (Å²) >= 11 is 0. The Bertz CT molecular complexity index is 764. The number of nitrogens with zero attached hydrogens (tertiary/aromatic N) is 2. The van der Waals surface area contributed by atoms with Gasteiger partial charge in [-0.2, -0.15) is 0 Å². The van der Waals surface area contributed by atoms with E-state index in [0.29, 0.717) is 30.6 Å². The molecule has 166 valence electrons. The molecule has 0 radical (unpaired) electrons. The van der Waals surface area contributed by atoms with Gasteiger partial charge in [0.15, 0.2) is 5.96 Å². The maximum Gasteiger partial charge on any atom is 0.241 e. The van der Waals surface area contributed by atoms with E-state index in [-0.39, 0.29) is 41.8 Å². The number of benzene rings is 1. The van der Waals surface area contributed by atoms with Gasteiger partial charge >= 0.3 is 0 Å². The van der Waals surface area contributed by atoms with Crippen LogP contribution in [-0.4, -0.2) is 63.3 Å². The van der Waals surface area contributed by atoms with Crippen LogP contribution in [0.15, 0.2) is 29.3 Å². The standard InChI is InChI=1S/C22H32N4O3.HI/c1-26(2)18(27)14-24-21(23-13-15-5-7-16(28-3)8-6-15)25-19-17-9-12-29-20(17)22(19)10-4-11-22;/h5-8,17,19-20H,4,9-14H2,1-3H3,(H2,23,24,25);1H. The van der Waals surface area contributed by atoms with Crippen LogP contribution in [0.3, 0.4) is 0 Å². The lowest BCUT2D eigenvalue weighted by Crippen LogP contribution is -2.72. The Balaban J connectivity index is 0.00000256. The minimum Gasteiger partial charge on any atom is -0.497 e. The molecule has 30 heavy (non-hydrogen) atoms. The number of fused-ring (bicyclic) bond motifs is 2. The van der Waals surface area contributed by atoms with Crippen molar-refractivity contribution in [3.63, 3.8) is 0 Å². The van der Waals surface area contributed by atoms with E-state index in [0.717, 1.165) is 24.3 Å². The van der Waals surface area contributed by atoms with Crippen molar-refractivity contribution in [2.75, 3.05) is 34.4 Å². The summed E-state index contributed by atoms with van der Waals surface area (Å²) in [6.45, 7) is 1.63. The predicted molar refractivity (Wildman–Crippen MR) is 127 cm³/mol. The number of hydrogen-bond acceptors (Lipinski definition) is 4. The molecule has 1 aromatic carbocycles. The van der Waals surface area contributed by atoms with Crippen LogP contribution in [0.4, 0.5) is 0 Å². The van der Waals surface area contributed by atoms with E-state index >= 15 is 0 Å². The summed E-state index contributed by atoms with van der Waals surface area (Å²) in [4.78, 5) is 18.5. The van der Waals surface area contributed by atoms with E-state index in [9.17, 15) is 4.79 Å². The quantitative estimate of drug-likeness (QED) is 0.337. The molecular formula is C22H33IN4O3. The van der Waals surface area contributed by atoms with Crippen LogP contribution < -0.4 is 15.4 Å². The summed E-state index contributed by atoms with van der Waals surface area (Å²) in [5, 5.41) is 6.91. The second-order valence-electron chi connectivity index (χ2n) is 8.61. The largest absolute Gasteiger partial charge is 0.497 e. The fourth-order valence-electron chi connectivity index (χ4n) is 4.97. The smallest absolute Gasteiger partial charge is 0.241 e. The number of ether oxygens (including phenoxy) is 2. The molecule has 1 aromatic rings. The molecule has 0 bridgehead atoms. The first kappa shape index (κ1) is 23.1. The molecule has 3 atom stereocenters. The highest BCUT2D eigenvalue weighted by Gasteiger charge is 2.66. The molecule has 4 rings (SSSR count). The van der Waals surface area contributed by atoms with E-state index in [1.807, 2.05) is 24.3 Å². The normalized spacial score (nSPS) is 26.0. The molecule has 2 N–H and O–H groups in total. The van der Waals surface area contributed by atoms with Gasteiger partial charge in [0.2, 0.25) is 5.91 Å². The molecule has 3 unspecified atom stereocenters. The lowest BCUT2D eigenvalue weighted by molar-refractivity contribution is -0.171. The Morgan fingerprint density at radius 2 is 2.03 bits per heavy atom. The van der Waals surface area contributed by atoms with Crippen LogP contribution in [0.5, 0.6) is 5.75 Å². The number of guanidine groups is 1. The minimum absolute atomic E-state index is 0. The second kappa shape index (κ2) is 9.72. The summed E-state index contributed by atoms with van der Waals surface area (Å²) in [5.41, 5.74) is 1.36. The van der Waals surface area contributed by atoms with Crippen molar-refractivity contribution in [1.82, 2.24) is 15.5 Å². The molecule has 1 aliphatic heterocycles. The van der Waals surface area contributed by atoms with Gasteiger partial charge in [0.1, 0.15) is 5.75 Å². The van der Waals surface area contributed by atoms with Crippen LogP contribution in [0, 0.1) is 11.3 Å². The average Bonchev–Trinajstić information content (AvgIpc) is 3.11. The Kier molecular flexibility index (Phi) is 7.49. The summed E-state index contributed by atoms with van der Waals surface area (Å²) in [6.07, 6.45) is 5.21. The van der Waals surface area contributed by atoms with E-state index in [1.165, 1.54) is 19.3 Å². The lowest BCUT2D eigenvalue weighted by Gasteiger charge is -2.63. The van der Waals surface area contributed by atoms with Gasteiger partial charge in [0, 0.05) is 38.1 Å². The second-order valence-corrected chi connectivity index (χ2v) is 8.61. The zero-order chi connectivity index (χ0) is 20.4. The van der Waals surface area contributed by atoms with Gasteiger partial charge in [-0.05, 0) is 37.0 Å². The van der Waals surface area contributed by atoms with E-state index in [4.69, 9.17) is 14.5 Å². The van der Waals surface area contributed by atoms with Gasteiger partial charge in [-0.25, -0.2) is 4.99 Å². The fraction of sp³-hybridized carbons (Fsp3) is 0.636. The van der Waals surface area contributed by atoms with Crippen molar-refractivity contribution in [2.24, 2.45) is 16.3 Å². The molecule has 2 saturated carbocycles. The van der Waals surface area contributed by atoms with Gasteiger partial charge in [0.25, 0.3) is 0 Å². The van der Waals surface area contributed by atoms with Crippen molar-refractivity contribution in [2.45, 2.75) is 44.4 Å². The number of rotatable bonds is 6. The van der Waals surface area contributed by atoms with Crippen LogP contribution in [0.25, 0.3) is 0 Å². The fourth-order valence-corrected chi connectivity index (χ4v) is 4.97. The van der Waals surface area contributed by atoms with Gasteiger partial charge in [-0.15, -0.1) is 24.0 Å². The molecule has 1 heterocycles. The number of carbonyl (C=O) groups excluding carboxylic acids is 1. The molecule has 3 aliphatic rings. The topological polar surface area (TPSA) is 75.2 Å². The summed E-state index contributed by atoms with van der Waals surface area (Å²) in [6, 6.07) is 8.29. The molecule has 0 aromatic heterocycles. The molecule has 3 fully saturated rings. The van der Waals surface area contributed by atoms with Crippen molar-refractivity contribution in [3.05, 3.63) is 29.8 Å². The Labute approximate surface area is 196 Å². The van der Waals surface area contributed by atoms with Crippen molar-refractivity contribution in [1.29, 1.82) is 0 Å². The average molecular weight is 528 g/mol. The highest BCUT2D eigenvalue weighted by Crippen LogP contribution is 2.62. The number of methoxy groups -OCH3 is 1. The van der Waals surface area contributed by atoms with Gasteiger partial charge in [-0.3, -0.25) is 4.79 Å². The number of amides is 1. The molecule has 1 spiro atoms. The monoisotopic (exact) mass is 528 g/mol. The highest BCUT2D eigenvalue weighted by atomic mass is 127. The van der Waals surface area contributed by atoms with Crippen LogP contribution >= 0.6 is 24.0 Å². The number of hydrogen-bond donors (Lipinski definition) is 2. The molecule has 1 saturated heterocycles. The Morgan fingerprint density at radius 3 is 2.63 bits per heavy atom. The summed E-state index contributed by atoms with van der Waals surface area (Å²) in [7, 11) is 5.19. The number of likely N-dealkylation sites (N-methyl/N-ethyl adjacent to an activating group) is 1. The van der Waals surface area contributed by atoms with Crippen molar-refractivity contribution in [3.8, 4) is 5.75 Å². The van der Waals surface area contributed by atoms with Crippen LogP contribution in [0.2, 0.25) is 0 Å². The number of carbonyl (C=O) groups is 1. The van der Waals surface area contributed by atoms with E-state index in [1.54, 1.807) is 26.1 Å². The highest BCUT2D eigenvalue weighted by molar-refractivity contribution is 14.0. The summed E-state index contributed by atoms with van der Waals surface area (Å²) in [5.74, 6) is 2.11. The molecule has 2 aliphatic carbocycles. The van der Waals surface area contributed by atoms with Crippen LogP contribution in [-0.2, 0) is 16.1 Å². The van der Waals surface area contributed by atoms with Gasteiger partial charge in [0.05, 0.1) is 26.3 Å². The first-order valence-electron chi connectivity index (χ1n) is 10.5. The third-order valence-corrected chi connectivity index (χ3v) is 6.81. The first-order valence-corrected chi connectivity index (χ1v) is 10.5. The zero-order valence-corrected chi connectivity index (χ0v) is 20.3. The minimum atomic E-state index is 0. The van der Waals surface area contributed by atoms with Crippen LogP contribution in [0.1, 0.15) is 31.2 Å². The van der Waals surface area contributed by atoms with Crippen molar-refractivity contribution < 1.29 is 14.3 Å². The zero-order valence-electron chi connectivity index (χ0n) is 18.0. The first-order chi connectivity index (χ1) is 14.0. The third kappa shape index (κ3) is 4.39. The lowest BCUT2D eigenvalue weighted by atomic mass is 9.46. The molecule has 7 nitrogen and oxygen atoms in total. The predicted octanol–water partition coefficient (Wildman–Crippen LogP) is 2.39. The molecular weight excluding hydrogens is 495 g/mol. The van der Waals surface area contributed by atoms with Crippen molar-refractivity contribution >= 4 is 35.8 Å². The maximum absolute atomic E-state index is 12.1. The maximum atomic E-state index is 12.1. The SMILES string of the molecule is COc1ccc(CN=C(NCC(=O)N(C)C)NC2C3CCOC3C23CCC3)cc1.I. The van der Waals surface area contributed by atoms with Gasteiger partial charge in [-0.1, -0.05) is 18.6 Å². The third-order valence-electron chi connectivity index (χ3n) is 6.81. The van der Waals surface area contributed by atoms with E-state index < -0.39 is 0 Å². The Morgan fingerprint density at radius 1 is 1.30 bits per heavy atom.